The van der Waals surface area contributed by atoms with Gasteiger partial charge in [-0.1, -0.05) is 35.9 Å². The molecule has 6 nitrogen and oxygen atoms in total. The molecule has 1 amide bonds. The molecule has 1 fully saturated rings. The Bertz CT molecular complexity index is 966. The Hall–Kier alpha value is -2.28. The fourth-order valence-electron chi connectivity index (χ4n) is 3.39. The zero-order chi connectivity index (χ0) is 19.0. The smallest absolute Gasteiger partial charge is 0.298 e. The molecule has 0 bridgehead atoms. The maximum absolute atomic E-state index is 12.7. The summed E-state index contributed by atoms with van der Waals surface area (Å²) in [7, 11) is 0. The molecule has 8 heteroatoms. The number of aromatic nitrogens is 1. The van der Waals surface area contributed by atoms with Gasteiger partial charge < -0.3 is 20.0 Å². The molecule has 2 heterocycles. The van der Waals surface area contributed by atoms with Crippen LogP contribution in [0.4, 0.5) is 6.01 Å². The number of hydrogen-bond donors (Lipinski definition) is 1. The highest BCUT2D eigenvalue weighted by atomic mass is 35.5. The van der Waals surface area contributed by atoms with Crippen LogP contribution in [0.2, 0.25) is 0 Å². The van der Waals surface area contributed by atoms with Gasteiger partial charge in [0.2, 0.25) is 5.91 Å². The van der Waals surface area contributed by atoms with Crippen LogP contribution in [0.15, 0.2) is 46.9 Å². The first-order chi connectivity index (χ1) is 13.0. The lowest BCUT2D eigenvalue weighted by atomic mass is 10.0. The Morgan fingerprint density at radius 1 is 1.00 bits per heavy atom. The van der Waals surface area contributed by atoms with Crippen LogP contribution in [-0.4, -0.2) is 42.0 Å². The monoisotopic (exact) mass is 436 g/mol. The van der Waals surface area contributed by atoms with Gasteiger partial charge in [-0.3, -0.25) is 4.79 Å². The van der Waals surface area contributed by atoms with Crippen molar-refractivity contribution in [2.24, 2.45) is 5.73 Å². The van der Waals surface area contributed by atoms with Gasteiger partial charge in [-0.05, 0) is 37.1 Å². The van der Waals surface area contributed by atoms with Gasteiger partial charge in [-0.15, -0.1) is 24.8 Å². The molecule has 3 aromatic rings. The number of oxazole rings is 1. The van der Waals surface area contributed by atoms with Crippen LogP contribution in [-0.2, 0) is 4.79 Å². The van der Waals surface area contributed by atoms with Gasteiger partial charge in [0, 0.05) is 26.2 Å². The van der Waals surface area contributed by atoms with Gasteiger partial charge in [0.25, 0.3) is 6.01 Å². The van der Waals surface area contributed by atoms with Crippen LogP contribution in [0, 0.1) is 13.8 Å². The molecule has 0 radical (unpaired) electrons. The molecule has 1 aliphatic rings. The van der Waals surface area contributed by atoms with Crippen molar-refractivity contribution in [2.45, 2.75) is 19.9 Å². The molecular formula is C21H26Cl2N4O2. The number of piperazine rings is 1. The molecule has 29 heavy (non-hydrogen) atoms. The number of hydrogen-bond acceptors (Lipinski definition) is 5. The minimum absolute atomic E-state index is 0. The lowest BCUT2D eigenvalue weighted by Crippen LogP contribution is -2.51. The number of nitrogens with zero attached hydrogens (tertiary/aromatic N) is 3. The van der Waals surface area contributed by atoms with Crippen molar-refractivity contribution in [1.29, 1.82) is 0 Å². The minimum Gasteiger partial charge on any atom is -0.423 e. The predicted molar refractivity (Wildman–Crippen MR) is 120 cm³/mol. The van der Waals surface area contributed by atoms with E-state index in [9.17, 15) is 4.79 Å². The lowest BCUT2D eigenvalue weighted by molar-refractivity contribution is -0.133. The first kappa shape index (κ1) is 23.0. The molecule has 4 rings (SSSR count). The molecule has 156 valence electrons. The molecule has 0 aliphatic carbocycles. The number of aryl methyl sites for hydroxylation is 2. The molecule has 1 saturated heterocycles. The summed E-state index contributed by atoms with van der Waals surface area (Å²) in [5.74, 6) is -0.0355. The van der Waals surface area contributed by atoms with Gasteiger partial charge >= 0.3 is 0 Å². The van der Waals surface area contributed by atoms with Crippen LogP contribution in [0.5, 0.6) is 0 Å². The lowest BCUT2D eigenvalue weighted by Gasteiger charge is -2.35. The number of nitrogens with two attached hydrogens (primary N) is 1. The normalized spacial score (nSPS) is 14.9. The average Bonchev–Trinajstić information content (AvgIpc) is 3.11. The van der Waals surface area contributed by atoms with Gasteiger partial charge in [-0.25, -0.2) is 0 Å². The molecule has 0 saturated carbocycles. The number of fused-ring (bicyclic) bond motifs is 1. The zero-order valence-corrected chi connectivity index (χ0v) is 18.1. The van der Waals surface area contributed by atoms with E-state index in [4.69, 9.17) is 10.2 Å². The Morgan fingerprint density at radius 2 is 1.62 bits per heavy atom. The number of benzene rings is 2. The molecule has 2 N–H and O–H groups in total. The number of carbonyl (C=O) groups excluding carboxylic acids is 1. The summed E-state index contributed by atoms with van der Waals surface area (Å²) in [6.45, 7) is 6.63. The summed E-state index contributed by atoms with van der Waals surface area (Å²) in [5, 5.41) is 0. The van der Waals surface area contributed by atoms with Crippen LogP contribution in [0.1, 0.15) is 22.7 Å². The highest BCUT2D eigenvalue weighted by Crippen LogP contribution is 2.24. The number of carbonyl (C=O) groups is 1. The second kappa shape index (κ2) is 9.48. The van der Waals surface area contributed by atoms with Crippen molar-refractivity contribution < 1.29 is 9.21 Å². The minimum atomic E-state index is -0.621. The highest BCUT2D eigenvalue weighted by molar-refractivity contribution is 5.85. The second-order valence-electron chi connectivity index (χ2n) is 7.17. The highest BCUT2D eigenvalue weighted by Gasteiger charge is 2.27. The maximum atomic E-state index is 12.7. The van der Waals surface area contributed by atoms with Crippen molar-refractivity contribution in [1.82, 2.24) is 9.88 Å². The van der Waals surface area contributed by atoms with E-state index in [1.165, 1.54) is 0 Å². The number of rotatable bonds is 3. The summed E-state index contributed by atoms with van der Waals surface area (Å²) in [6, 6.07) is 13.8. The van der Waals surface area contributed by atoms with Crippen LogP contribution < -0.4 is 10.6 Å². The third-order valence-electron chi connectivity index (χ3n) is 5.10. The SMILES string of the molecule is Cc1ccc(C(N)C(=O)N2CCN(c3nc4cc(C)ccc4o3)CC2)cc1.Cl.Cl. The quantitative estimate of drug-likeness (QED) is 0.677. The van der Waals surface area contributed by atoms with Gasteiger partial charge in [-0.2, -0.15) is 4.98 Å². The topological polar surface area (TPSA) is 75.6 Å². The summed E-state index contributed by atoms with van der Waals surface area (Å²) < 4.78 is 5.87. The predicted octanol–water partition coefficient (Wildman–Crippen LogP) is 3.64. The average molecular weight is 437 g/mol. The fraction of sp³-hybridized carbons (Fsp3) is 0.333. The standard InChI is InChI=1S/C21H24N4O2.2ClH/c1-14-3-6-16(7-4-14)19(22)20(26)24-9-11-25(12-10-24)21-23-17-13-15(2)5-8-18(17)27-21;;/h3-8,13,19H,9-12,22H2,1-2H3;2*1H. The van der Waals surface area contributed by atoms with Crippen molar-refractivity contribution in [3.05, 3.63) is 59.2 Å². The Labute approximate surface area is 182 Å². The van der Waals surface area contributed by atoms with E-state index in [2.05, 4.69) is 9.88 Å². The summed E-state index contributed by atoms with van der Waals surface area (Å²) in [5.41, 5.74) is 11.0. The fourth-order valence-corrected chi connectivity index (χ4v) is 3.39. The van der Waals surface area contributed by atoms with Crippen molar-refractivity contribution in [2.75, 3.05) is 31.1 Å². The Balaban J connectivity index is 0.00000150. The van der Waals surface area contributed by atoms with Crippen molar-refractivity contribution in [3.63, 3.8) is 0 Å². The molecule has 1 unspecified atom stereocenters. The van der Waals surface area contributed by atoms with Gasteiger partial charge in [0.1, 0.15) is 11.6 Å². The van der Waals surface area contributed by atoms with Crippen LogP contribution in [0.3, 0.4) is 0 Å². The van der Waals surface area contributed by atoms with Crippen molar-refractivity contribution in [3.8, 4) is 0 Å². The molecule has 2 aromatic carbocycles. The maximum Gasteiger partial charge on any atom is 0.298 e. The van der Waals surface area contributed by atoms with E-state index in [1.807, 2.05) is 61.2 Å². The first-order valence-corrected chi connectivity index (χ1v) is 9.24. The third kappa shape index (κ3) is 4.83. The number of amides is 1. The van der Waals surface area contributed by atoms with Gasteiger partial charge in [0.05, 0.1) is 0 Å². The van der Waals surface area contributed by atoms with E-state index in [1.54, 1.807) is 0 Å². The first-order valence-electron chi connectivity index (χ1n) is 9.24. The summed E-state index contributed by atoms with van der Waals surface area (Å²) >= 11 is 0. The number of anilines is 1. The Morgan fingerprint density at radius 3 is 2.28 bits per heavy atom. The van der Waals surface area contributed by atoms with Crippen molar-refractivity contribution >= 4 is 47.8 Å². The van der Waals surface area contributed by atoms with E-state index >= 15 is 0 Å². The zero-order valence-electron chi connectivity index (χ0n) is 16.5. The van der Waals surface area contributed by atoms with Crippen LogP contribution in [0.25, 0.3) is 11.1 Å². The molecule has 1 atom stereocenters. The third-order valence-corrected chi connectivity index (χ3v) is 5.10. The van der Waals surface area contributed by atoms with Gasteiger partial charge in [0.15, 0.2) is 5.58 Å². The molecular weight excluding hydrogens is 411 g/mol. The van der Waals surface area contributed by atoms with E-state index < -0.39 is 6.04 Å². The summed E-state index contributed by atoms with van der Waals surface area (Å²) in [4.78, 5) is 21.2. The molecule has 1 aliphatic heterocycles. The molecule has 1 aromatic heterocycles. The summed E-state index contributed by atoms with van der Waals surface area (Å²) in [6.07, 6.45) is 0. The molecule has 0 spiro atoms. The Kier molecular flexibility index (Phi) is 7.52. The largest absolute Gasteiger partial charge is 0.423 e. The van der Waals surface area contributed by atoms with E-state index in [-0.39, 0.29) is 30.7 Å². The van der Waals surface area contributed by atoms with E-state index in [0.717, 1.165) is 27.8 Å². The van der Waals surface area contributed by atoms with E-state index in [0.29, 0.717) is 32.2 Å². The second-order valence-corrected chi connectivity index (χ2v) is 7.17. The van der Waals surface area contributed by atoms with Crippen LogP contribution >= 0.6 is 24.8 Å². The number of halogens is 2.